The van der Waals surface area contributed by atoms with Gasteiger partial charge in [-0.15, -0.1) is 0 Å². The topological polar surface area (TPSA) is 79.1 Å². The summed E-state index contributed by atoms with van der Waals surface area (Å²) in [7, 11) is 3.18. The van der Waals surface area contributed by atoms with E-state index in [2.05, 4.69) is 4.99 Å². The van der Waals surface area contributed by atoms with E-state index >= 15 is 0 Å². The SMILES string of the molecule is CCOC(=O)C1=C(C)N=c2sc(=Cc3ccccc3OC)c(=O)n2[C@H]1c1ccc(OC)cc1. The molecule has 0 radical (unpaired) electrons. The summed E-state index contributed by atoms with van der Waals surface area (Å²) in [6.07, 6.45) is 1.79. The molecule has 3 aromatic rings. The number of esters is 1. The number of carbonyl (C=O) groups is 1. The van der Waals surface area contributed by atoms with Crippen LogP contribution in [0.5, 0.6) is 11.5 Å². The maximum atomic E-state index is 13.6. The average molecular weight is 465 g/mol. The number of benzene rings is 2. The van der Waals surface area contributed by atoms with Gasteiger partial charge < -0.3 is 14.2 Å². The van der Waals surface area contributed by atoms with E-state index < -0.39 is 12.0 Å². The Hall–Kier alpha value is -3.65. The van der Waals surface area contributed by atoms with Gasteiger partial charge in [-0.3, -0.25) is 9.36 Å². The zero-order chi connectivity index (χ0) is 23.5. The quantitative estimate of drug-likeness (QED) is 0.524. The van der Waals surface area contributed by atoms with Crippen LogP contribution in [0.2, 0.25) is 0 Å². The van der Waals surface area contributed by atoms with Crippen molar-refractivity contribution in [3.05, 3.63) is 90.6 Å². The summed E-state index contributed by atoms with van der Waals surface area (Å²) < 4.78 is 18.1. The summed E-state index contributed by atoms with van der Waals surface area (Å²) in [6.45, 7) is 3.74. The van der Waals surface area contributed by atoms with Gasteiger partial charge in [-0.25, -0.2) is 9.79 Å². The molecule has 2 heterocycles. The number of rotatable bonds is 6. The van der Waals surface area contributed by atoms with Crippen LogP contribution in [0.3, 0.4) is 0 Å². The Kier molecular flexibility index (Phi) is 6.46. The molecule has 0 saturated heterocycles. The van der Waals surface area contributed by atoms with Crippen LogP contribution in [0.25, 0.3) is 6.08 Å². The number of carbonyl (C=O) groups excluding carboxylic acids is 1. The highest BCUT2D eigenvalue weighted by Crippen LogP contribution is 2.31. The highest BCUT2D eigenvalue weighted by molar-refractivity contribution is 7.07. The number of hydrogen-bond acceptors (Lipinski definition) is 7. The van der Waals surface area contributed by atoms with Gasteiger partial charge in [0, 0.05) is 5.56 Å². The van der Waals surface area contributed by atoms with Crippen LogP contribution in [-0.4, -0.2) is 31.4 Å². The van der Waals surface area contributed by atoms with Gasteiger partial charge in [-0.2, -0.15) is 0 Å². The van der Waals surface area contributed by atoms with Gasteiger partial charge in [0.25, 0.3) is 5.56 Å². The summed E-state index contributed by atoms with van der Waals surface area (Å²) in [5.41, 5.74) is 2.18. The van der Waals surface area contributed by atoms with Crippen molar-refractivity contribution in [2.24, 2.45) is 4.99 Å². The lowest BCUT2D eigenvalue weighted by Gasteiger charge is -2.24. The average Bonchev–Trinajstić information content (AvgIpc) is 3.13. The van der Waals surface area contributed by atoms with Crippen molar-refractivity contribution in [3.63, 3.8) is 0 Å². The normalized spacial score (nSPS) is 15.6. The highest BCUT2D eigenvalue weighted by atomic mass is 32.1. The lowest BCUT2D eigenvalue weighted by Crippen LogP contribution is -2.39. The van der Waals surface area contributed by atoms with Crippen molar-refractivity contribution >= 4 is 23.4 Å². The molecular formula is C25H24N2O5S. The first kappa shape index (κ1) is 22.5. The Morgan fingerprint density at radius 2 is 1.85 bits per heavy atom. The number of nitrogens with zero attached hydrogens (tertiary/aromatic N) is 2. The number of allylic oxidation sites excluding steroid dienone is 1. The molecule has 2 aromatic carbocycles. The van der Waals surface area contributed by atoms with E-state index in [1.807, 2.05) is 36.4 Å². The first-order chi connectivity index (χ1) is 16.0. The fraction of sp³-hybridized carbons (Fsp3) is 0.240. The van der Waals surface area contributed by atoms with Gasteiger partial charge in [0.2, 0.25) is 0 Å². The predicted molar refractivity (Wildman–Crippen MR) is 126 cm³/mol. The van der Waals surface area contributed by atoms with Gasteiger partial charge in [-0.05, 0) is 43.7 Å². The predicted octanol–water partition coefficient (Wildman–Crippen LogP) is 2.82. The van der Waals surface area contributed by atoms with Crippen molar-refractivity contribution in [2.45, 2.75) is 19.9 Å². The second-order valence-corrected chi connectivity index (χ2v) is 8.33. The molecule has 0 unspecified atom stereocenters. The van der Waals surface area contributed by atoms with Gasteiger partial charge in [0.1, 0.15) is 11.5 Å². The Morgan fingerprint density at radius 3 is 2.52 bits per heavy atom. The molecule has 0 N–H and O–H groups in total. The number of thiazole rings is 1. The maximum Gasteiger partial charge on any atom is 0.338 e. The molecular weight excluding hydrogens is 440 g/mol. The number of ether oxygens (including phenoxy) is 3. The first-order valence-electron chi connectivity index (χ1n) is 10.4. The fourth-order valence-corrected chi connectivity index (χ4v) is 4.86. The molecule has 8 heteroatoms. The Balaban J connectivity index is 1.95. The van der Waals surface area contributed by atoms with Crippen molar-refractivity contribution in [1.82, 2.24) is 4.57 Å². The molecule has 33 heavy (non-hydrogen) atoms. The van der Waals surface area contributed by atoms with Gasteiger partial charge in [-0.1, -0.05) is 41.7 Å². The molecule has 4 rings (SSSR count). The van der Waals surface area contributed by atoms with Crippen LogP contribution < -0.4 is 24.4 Å². The lowest BCUT2D eigenvalue weighted by molar-refractivity contribution is -0.139. The lowest BCUT2D eigenvalue weighted by atomic mass is 9.96. The van der Waals surface area contributed by atoms with E-state index in [0.717, 1.165) is 11.1 Å². The number of methoxy groups -OCH3 is 2. The zero-order valence-electron chi connectivity index (χ0n) is 18.8. The summed E-state index contributed by atoms with van der Waals surface area (Å²) in [5.74, 6) is 0.859. The smallest absolute Gasteiger partial charge is 0.338 e. The summed E-state index contributed by atoms with van der Waals surface area (Å²) in [6, 6.07) is 14.1. The molecule has 0 saturated carbocycles. The van der Waals surface area contributed by atoms with Gasteiger partial charge >= 0.3 is 5.97 Å². The third-order valence-corrected chi connectivity index (χ3v) is 6.36. The first-order valence-corrected chi connectivity index (χ1v) is 11.3. The molecule has 0 aliphatic carbocycles. The van der Waals surface area contributed by atoms with Gasteiger partial charge in [0.05, 0.1) is 42.7 Å². The fourth-order valence-electron chi connectivity index (χ4n) is 3.82. The summed E-state index contributed by atoms with van der Waals surface area (Å²) >= 11 is 1.27. The van der Waals surface area contributed by atoms with Crippen molar-refractivity contribution in [1.29, 1.82) is 0 Å². The Morgan fingerprint density at radius 1 is 1.12 bits per heavy atom. The molecule has 1 aromatic heterocycles. The molecule has 0 fully saturated rings. The number of aromatic nitrogens is 1. The molecule has 1 atom stereocenters. The minimum absolute atomic E-state index is 0.225. The van der Waals surface area contributed by atoms with E-state index in [1.54, 1.807) is 50.8 Å². The van der Waals surface area contributed by atoms with E-state index in [9.17, 15) is 9.59 Å². The zero-order valence-corrected chi connectivity index (χ0v) is 19.6. The highest BCUT2D eigenvalue weighted by Gasteiger charge is 2.33. The molecule has 7 nitrogen and oxygen atoms in total. The monoisotopic (exact) mass is 464 g/mol. The van der Waals surface area contributed by atoms with E-state index in [0.29, 0.717) is 32.1 Å². The van der Waals surface area contributed by atoms with Crippen LogP contribution >= 0.6 is 11.3 Å². The van der Waals surface area contributed by atoms with Crippen molar-refractivity contribution in [3.8, 4) is 11.5 Å². The third-order valence-electron chi connectivity index (χ3n) is 5.37. The Bertz CT molecular complexity index is 1400. The molecule has 170 valence electrons. The second kappa shape index (κ2) is 9.46. The van der Waals surface area contributed by atoms with Crippen molar-refractivity contribution in [2.75, 3.05) is 20.8 Å². The number of hydrogen-bond donors (Lipinski definition) is 0. The Labute approximate surface area is 194 Å². The van der Waals surface area contributed by atoms with Crippen LogP contribution in [0.15, 0.2) is 69.6 Å². The van der Waals surface area contributed by atoms with Crippen LogP contribution in [0, 0.1) is 0 Å². The van der Waals surface area contributed by atoms with E-state index in [4.69, 9.17) is 14.2 Å². The largest absolute Gasteiger partial charge is 0.497 e. The van der Waals surface area contributed by atoms with Gasteiger partial charge in [0.15, 0.2) is 4.80 Å². The number of fused-ring (bicyclic) bond motifs is 1. The molecule has 0 spiro atoms. The minimum atomic E-state index is -0.661. The summed E-state index contributed by atoms with van der Waals surface area (Å²) in [4.78, 5) is 31.6. The van der Waals surface area contributed by atoms with Crippen molar-refractivity contribution < 1.29 is 19.0 Å². The minimum Gasteiger partial charge on any atom is -0.497 e. The number of para-hydroxylation sites is 1. The second-order valence-electron chi connectivity index (χ2n) is 7.32. The van der Waals surface area contributed by atoms with Crippen LogP contribution in [-0.2, 0) is 9.53 Å². The molecule has 1 aliphatic rings. The molecule has 0 bridgehead atoms. The standard InChI is InChI=1S/C25H24N2O5S/c1-5-32-24(29)21-15(2)26-25-27(22(21)16-10-12-18(30-3)13-11-16)23(28)20(33-25)14-17-8-6-7-9-19(17)31-4/h6-14,22H,5H2,1-4H3/t22-/m0/s1. The summed E-state index contributed by atoms with van der Waals surface area (Å²) in [5, 5.41) is 0. The van der Waals surface area contributed by atoms with E-state index in [1.165, 1.54) is 11.3 Å². The third kappa shape index (κ3) is 4.21. The van der Waals surface area contributed by atoms with Crippen LogP contribution in [0.1, 0.15) is 31.0 Å². The maximum absolute atomic E-state index is 13.6. The molecule has 1 aliphatic heterocycles. The van der Waals surface area contributed by atoms with E-state index in [-0.39, 0.29) is 12.2 Å². The molecule has 0 amide bonds. The van der Waals surface area contributed by atoms with Crippen LogP contribution in [0.4, 0.5) is 0 Å².